The van der Waals surface area contributed by atoms with E-state index in [0.717, 1.165) is 0 Å². The van der Waals surface area contributed by atoms with Gasteiger partial charge in [-0.05, 0) is 29.8 Å². The van der Waals surface area contributed by atoms with Gasteiger partial charge in [-0.15, -0.1) is 0 Å². The Labute approximate surface area is 172 Å². The van der Waals surface area contributed by atoms with Crippen molar-refractivity contribution in [3.05, 3.63) is 89.6 Å². The highest BCUT2D eigenvalue weighted by molar-refractivity contribution is 6.51. The molecule has 4 rings (SSSR count). The molecule has 0 aliphatic carbocycles. The highest BCUT2D eigenvalue weighted by Gasteiger charge is 2.47. The number of aromatic hydroxyl groups is 1. The summed E-state index contributed by atoms with van der Waals surface area (Å²) < 4.78 is 5.19. The Balaban J connectivity index is 1.97. The van der Waals surface area contributed by atoms with Crippen molar-refractivity contribution >= 4 is 23.3 Å². The van der Waals surface area contributed by atoms with Gasteiger partial charge in [-0.1, -0.05) is 42.5 Å². The molecule has 1 aliphatic rings. The summed E-state index contributed by atoms with van der Waals surface area (Å²) in [5.74, 6) is -1.55. The molecule has 1 amide bonds. The minimum atomic E-state index is -0.949. The lowest BCUT2D eigenvalue weighted by Crippen LogP contribution is -2.30. The maximum atomic E-state index is 13.0. The predicted octanol–water partition coefficient (Wildman–Crippen LogP) is 3.42. The van der Waals surface area contributed by atoms with Gasteiger partial charge in [0.1, 0.15) is 11.6 Å². The summed E-state index contributed by atoms with van der Waals surface area (Å²) in [7, 11) is 1.40. The van der Waals surface area contributed by atoms with Gasteiger partial charge in [0.05, 0.1) is 18.7 Å². The molecule has 1 saturated heterocycles. The van der Waals surface area contributed by atoms with Crippen LogP contribution in [0.2, 0.25) is 0 Å². The van der Waals surface area contributed by atoms with E-state index in [9.17, 15) is 19.8 Å². The van der Waals surface area contributed by atoms with Gasteiger partial charge in [0.25, 0.3) is 5.78 Å². The van der Waals surface area contributed by atoms with Crippen LogP contribution in [0.5, 0.6) is 11.5 Å². The van der Waals surface area contributed by atoms with E-state index in [-0.39, 0.29) is 28.6 Å². The van der Waals surface area contributed by atoms with Crippen LogP contribution in [0.25, 0.3) is 5.76 Å². The number of benzene rings is 2. The van der Waals surface area contributed by atoms with E-state index in [1.54, 1.807) is 54.6 Å². The van der Waals surface area contributed by atoms with Gasteiger partial charge in [-0.25, -0.2) is 4.98 Å². The number of aliphatic hydroxyl groups is 1. The minimum Gasteiger partial charge on any atom is -0.507 e. The average Bonchev–Trinajstić information content (AvgIpc) is 3.05. The third-order valence-corrected chi connectivity index (χ3v) is 4.91. The van der Waals surface area contributed by atoms with Crippen LogP contribution in [0.1, 0.15) is 17.2 Å². The van der Waals surface area contributed by atoms with Crippen molar-refractivity contribution in [2.75, 3.05) is 12.0 Å². The second kappa shape index (κ2) is 7.71. The number of carbonyl (C=O) groups is 2. The molecule has 30 heavy (non-hydrogen) atoms. The van der Waals surface area contributed by atoms with Crippen molar-refractivity contribution in [3.63, 3.8) is 0 Å². The molecule has 1 fully saturated rings. The van der Waals surface area contributed by atoms with Crippen molar-refractivity contribution in [2.45, 2.75) is 6.04 Å². The summed E-state index contributed by atoms with van der Waals surface area (Å²) in [5, 5.41) is 20.9. The smallest absolute Gasteiger partial charge is 0.301 e. The molecule has 0 radical (unpaired) electrons. The number of nitrogens with zero attached hydrogens (tertiary/aromatic N) is 2. The molecule has 7 heteroatoms. The fraction of sp³-hybridized carbons (Fsp3) is 0.0870. The molecule has 150 valence electrons. The Hall–Kier alpha value is -4.13. The number of ketones is 1. The van der Waals surface area contributed by atoms with Crippen LogP contribution < -0.4 is 9.64 Å². The predicted molar refractivity (Wildman–Crippen MR) is 110 cm³/mol. The van der Waals surface area contributed by atoms with Gasteiger partial charge >= 0.3 is 5.91 Å². The SMILES string of the molecule is COc1cc([C@H]2/C(=C(\O)c3ccccc3)C(=O)C(=O)N2c2ccccn2)ccc1O. The van der Waals surface area contributed by atoms with Crippen molar-refractivity contribution in [1.29, 1.82) is 0 Å². The van der Waals surface area contributed by atoms with E-state index in [0.29, 0.717) is 11.1 Å². The van der Waals surface area contributed by atoms with Crippen molar-refractivity contribution in [2.24, 2.45) is 0 Å². The van der Waals surface area contributed by atoms with Crippen LogP contribution in [-0.4, -0.2) is 34.0 Å². The van der Waals surface area contributed by atoms with Crippen LogP contribution in [0.15, 0.2) is 78.5 Å². The Bertz CT molecular complexity index is 1140. The van der Waals surface area contributed by atoms with Crippen LogP contribution in [0, 0.1) is 0 Å². The number of ether oxygens (including phenoxy) is 1. The summed E-state index contributed by atoms with van der Waals surface area (Å²) in [6.07, 6.45) is 1.51. The number of hydrogen-bond acceptors (Lipinski definition) is 6. The van der Waals surface area contributed by atoms with Crippen molar-refractivity contribution in [3.8, 4) is 11.5 Å². The summed E-state index contributed by atoms with van der Waals surface area (Å²) >= 11 is 0. The highest BCUT2D eigenvalue weighted by Crippen LogP contribution is 2.43. The third-order valence-electron chi connectivity index (χ3n) is 4.91. The van der Waals surface area contributed by atoms with E-state index in [1.165, 1.54) is 30.3 Å². The number of anilines is 1. The number of aromatic nitrogens is 1. The fourth-order valence-electron chi connectivity index (χ4n) is 3.50. The number of Topliss-reactive ketones (excluding diaryl/α,β-unsaturated/α-hetero) is 1. The van der Waals surface area contributed by atoms with Gasteiger partial charge in [0.2, 0.25) is 0 Å². The number of aliphatic hydroxyl groups excluding tert-OH is 1. The molecule has 0 bridgehead atoms. The molecule has 7 nitrogen and oxygen atoms in total. The first kappa shape index (κ1) is 19.2. The molecule has 1 aliphatic heterocycles. The summed E-state index contributed by atoms with van der Waals surface area (Å²) in [4.78, 5) is 31.4. The maximum absolute atomic E-state index is 13.0. The van der Waals surface area contributed by atoms with Crippen LogP contribution in [0.3, 0.4) is 0 Å². The van der Waals surface area contributed by atoms with E-state index >= 15 is 0 Å². The third kappa shape index (κ3) is 3.16. The van der Waals surface area contributed by atoms with Crippen LogP contribution in [-0.2, 0) is 9.59 Å². The van der Waals surface area contributed by atoms with E-state index in [1.807, 2.05) is 0 Å². The molecule has 2 N–H and O–H groups in total. The Kier molecular flexibility index (Phi) is 4.93. The number of pyridine rings is 1. The minimum absolute atomic E-state index is 0.0652. The monoisotopic (exact) mass is 402 g/mol. The number of rotatable bonds is 4. The van der Waals surface area contributed by atoms with Crippen molar-refractivity contribution in [1.82, 2.24) is 4.98 Å². The zero-order valence-electron chi connectivity index (χ0n) is 16.0. The largest absolute Gasteiger partial charge is 0.507 e. The lowest BCUT2D eigenvalue weighted by molar-refractivity contribution is -0.132. The maximum Gasteiger partial charge on any atom is 0.301 e. The summed E-state index contributed by atoms with van der Waals surface area (Å²) in [6.45, 7) is 0. The standard InChI is InChI=1S/C23H18N2O5/c1-30-17-13-15(10-11-16(17)26)20-19(21(27)14-7-3-2-4-8-14)22(28)23(29)25(20)18-9-5-6-12-24-18/h2-13,20,26-27H,1H3/b21-19+/t20-/m0/s1. The molecule has 1 atom stereocenters. The lowest BCUT2D eigenvalue weighted by atomic mass is 9.95. The number of methoxy groups -OCH3 is 1. The number of phenolic OH excluding ortho intramolecular Hbond substituents is 1. The second-order valence-electron chi connectivity index (χ2n) is 6.65. The normalized spacial score (nSPS) is 17.9. The van der Waals surface area contributed by atoms with Crippen LogP contribution >= 0.6 is 0 Å². The van der Waals surface area contributed by atoms with Gasteiger partial charge in [0.15, 0.2) is 11.5 Å². The van der Waals surface area contributed by atoms with Gasteiger partial charge in [-0.2, -0.15) is 0 Å². The summed E-state index contributed by atoms with van der Waals surface area (Å²) in [6, 6.07) is 17.1. The zero-order valence-corrected chi connectivity index (χ0v) is 16.0. The van der Waals surface area contributed by atoms with Gasteiger partial charge < -0.3 is 14.9 Å². The average molecular weight is 402 g/mol. The number of amides is 1. The fourth-order valence-corrected chi connectivity index (χ4v) is 3.50. The molecule has 0 spiro atoms. The number of hydrogen-bond donors (Lipinski definition) is 2. The molecular weight excluding hydrogens is 384 g/mol. The van der Waals surface area contributed by atoms with E-state index in [2.05, 4.69) is 4.98 Å². The molecular formula is C23H18N2O5. The van der Waals surface area contributed by atoms with Gasteiger partial charge in [-0.3, -0.25) is 14.5 Å². The first-order valence-electron chi connectivity index (χ1n) is 9.17. The lowest BCUT2D eigenvalue weighted by Gasteiger charge is -2.24. The molecule has 3 aromatic rings. The molecule has 0 unspecified atom stereocenters. The Morgan fingerprint density at radius 1 is 1.03 bits per heavy atom. The topological polar surface area (TPSA) is 100.0 Å². The van der Waals surface area contributed by atoms with Crippen molar-refractivity contribution < 1.29 is 24.5 Å². The molecule has 1 aromatic heterocycles. The number of phenols is 1. The quantitative estimate of drug-likeness (QED) is 0.394. The van der Waals surface area contributed by atoms with E-state index < -0.39 is 17.7 Å². The highest BCUT2D eigenvalue weighted by atomic mass is 16.5. The number of carbonyl (C=O) groups excluding carboxylic acids is 2. The molecule has 2 aromatic carbocycles. The Morgan fingerprint density at radius 2 is 1.77 bits per heavy atom. The molecule has 2 heterocycles. The Morgan fingerprint density at radius 3 is 2.43 bits per heavy atom. The first-order valence-corrected chi connectivity index (χ1v) is 9.17. The molecule has 0 saturated carbocycles. The summed E-state index contributed by atoms with van der Waals surface area (Å²) in [5.41, 5.74) is 0.823. The van der Waals surface area contributed by atoms with Crippen LogP contribution in [0.4, 0.5) is 5.82 Å². The zero-order chi connectivity index (χ0) is 21.3. The first-order chi connectivity index (χ1) is 14.5. The van der Waals surface area contributed by atoms with E-state index in [4.69, 9.17) is 4.74 Å². The second-order valence-corrected chi connectivity index (χ2v) is 6.65. The van der Waals surface area contributed by atoms with Gasteiger partial charge in [0, 0.05) is 11.8 Å².